The van der Waals surface area contributed by atoms with E-state index >= 15 is 0 Å². The molecule has 2 aromatic carbocycles. The van der Waals surface area contributed by atoms with Gasteiger partial charge in [0, 0.05) is 0 Å². The summed E-state index contributed by atoms with van der Waals surface area (Å²) < 4.78 is 36.8. The minimum atomic E-state index is -4.27. The topological polar surface area (TPSA) is 89.4 Å². The Morgan fingerprint density at radius 3 is 2.48 bits per heavy atom. The molecular formula is C14H12N2O4S. The minimum Gasteiger partial charge on any atom is -0.494 e. The van der Waals surface area contributed by atoms with Gasteiger partial charge in [-0.1, -0.05) is 0 Å². The molecule has 7 heteroatoms. The Morgan fingerprint density at radius 2 is 1.81 bits per heavy atom. The van der Waals surface area contributed by atoms with Crippen molar-refractivity contribution < 1.29 is 17.7 Å². The number of hydrogen-bond donors (Lipinski definition) is 1. The summed E-state index contributed by atoms with van der Waals surface area (Å²) in [6.45, 7) is 1.93. The Kier molecular flexibility index (Phi) is 3.03. The lowest BCUT2D eigenvalue weighted by Crippen LogP contribution is -1.99. The third-order valence-corrected chi connectivity index (χ3v) is 3.99. The third kappa shape index (κ3) is 2.41. The molecule has 0 aliphatic carbocycles. The van der Waals surface area contributed by atoms with Gasteiger partial charge >= 0.3 is 0 Å². The van der Waals surface area contributed by atoms with Crippen molar-refractivity contribution >= 4 is 32.2 Å². The van der Waals surface area contributed by atoms with Crippen molar-refractivity contribution in [1.82, 2.24) is 9.97 Å². The molecule has 0 amide bonds. The maximum atomic E-state index is 11.2. The summed E-state index contributed by atoms with van der Waals surface area (Å²) in [7, 11) is -2.73. The van der Waals surface area contributed by atoms with Crippen LogP contribution in [0.5, 0.6) is 5.75 Å². The number of aromatic nitrogens is 2. The number of fused-ring (bicyclic) bond motifs is 2. The van der Waals surface area contributed by atoms with Crippen LogP contribution >= 0.6 is 0 Å². The monoisotopic (exact) mass is 304 g/mol. The summed E-state index contributed by atoms with van der Waals surface area (Å²) in [6, 6.07) is 7.80. The van der Waals surface area contributed by atoms with Crippen LogP contribution in [0.4, 0.5) is 0 Å². The van der Waals surface area contributed by atoms with Gasteiger partial charge in [0.25, 0.3) is 10.1 Å². The van der Waals surface area contributed by atoms with Crippen LogP contribution in [0.25, 0.3) is 22.1 Å². The number of methoxy groups -OCH3 is 1. The Morgan fingerprint density at radius 1 is 1.05 bits per heavy atom. The van der Waals surface area contributed by atoms with Crippen LogP contribution in [0.1, 0.15) is 5.56 Å². The van der Waals surface area contributed by atoms with Crippen molar-refractivity contribution in [2.45, 2.75) is 11.8 Å². The Hall–Kier alpha value is -2.25. The van der Waals surface area contributed by atoms with Crippen molar-refractivity contribution in [2.24, 2.45) is 0 Å². The summed E-state index contributed by atoms with van der Waals surface area (Å²) in [4.78, 5) is 8.64. The molecule has 21 heavy (non-hydrogen) atoms. The number of nitrogens with zero attached hydrogens (tertiary/aromatic N) is 2. The molecule has 1 N–H and O–H groups in total. The van der Waals surface area contributed by atoms with E-state index in [9.17, 15) is 8.42 Å². The molecule has 0 bridgehead atoms. The maximum absolute atomic E-state index is 11.2. The van der Waals surface area contributed by atoms with Crippen LogP contribution in [0, 0.1) is 6.92 Å². The highest BCUT2D eigenvalue weighted by molar-refractivity contribution is 7.85. The summed E-state index contributed by atoms with van der Waals surface area (Å²) in [5.74, 6) is 0.566. The van der Waals surface area contributed by atoms with Gasteiger partial charge in [0.15, 0.2) is 0 Å². The van der Waals surface area contributed by atoms with E-state index < -0.39 is 10.1 Å². The van der Waals surface area contributed by atoms with E-state index in [0.717, 1.165) is 5.56 Å². The van der Waals surface area contributed by atoms with Gasteiger partial charge in [-0.15, -0.1) is 0 Å². The first-order valence-corrected chi connectivity index (χ1v) is 7.56. The zero-order chi connectivity index (χ0) is 15.2. The normalized spacial score (nSPS) is 12.0. The lowest BCUT2D eigenvalue weighted by atomic mass is 10.2. The molecule has 0 fully saturated rings. The number of ether oxygens (including phenoxy) is 1. The van der Waals surface area contributed by atoms with Crippen molar-refractivity contribution in [2.75, 3.05) is 7.11 Å². The van der Waals surface area contributed by atoms with Crippen molar-refractivity contribution in [1.29, 1.82) is 0 Å². The van der Waals surface area contributed by atoms with E-state index in [-0.39, 0.29) is 4.90 Å². The molecule has 0 aliphatic rings. The molecule has 0 spiro atoms. The van der Waals surface area contributed by atoms with Gasteiger partial charge in [-0.3, -0.25) is 4.55 Å². The molecule has 0 unspecified atom stereocenters. The number of rotatable bonds is 2. The quantitative estimate of drug-likeness (QED) is 0.577. The molecule has 108 valence electrons. The van der Waals surface area contributed by atoms with Crippen LogP contribution in [-0.2, 0) is 10.1 Å². The SMILES string of the molecule is COc1cc(C)cc2nc3ccc(S(=O)(=O)O)cc3nc12. The second-order valence-corrected chi connectivity index (χ2v) is 6.11. The Labute approximate surface area is 121 Å². The molecule has 0 saturated carbocycles. The molecule has 3 aromatic rings. The van der Waals surface area contributed by atoms with E-state index in [4.69, 9.17) is 9.29 Å². The second-order valence-electron chi connectivity index (χ2n) is 4.68. The van der Waals surface area contributed by atoms with Crippen molar-refractivity contribution in [3.63, 3.8) is 0 Å². The van der Waals surface area contributed by atoms with E-state index in [2.05, 4.69) is 9.97 Å². The van der Waals surface area contributed by atoms with Crippen LogP contribution < -0.4 is 4.74 Å². The number of benzene rings is 2. The van der Waals surface area contributed by atoms with E-state index in [0.29, 0.717) is 27.8 Å². The Bertz CT molecular complexity index is 968. The fourth-order valence-electron chi connectivity index (χ4n) is 2.18. The zero-order valence-corrected chi connectivity index (χ0v) is 12.2. The Balaban J connectivity index is 2.39. The van der Waals surface area contributed by atoms with Gasteiger partial charge in [-0.05, 0) is 42.8 Å². The highest BCUT2D eigenvalue weighted by atomic mass is 32.2. The van der Waals surface area contributed by atoms with Crippen molar-refractivity contribution in [3.8, 4) is 5.75 Å². The lowest BCUT2D eigenvalue weighted by Gasteiger charge is -2.07. The molecule has 0 aliphatic heterocycles. The standard InChI is InChI=1S/C14H12N2O4S/c1-8-5-12-14(13(6-8)20-2)16-11-7-9(21(17,18)19)3-4-10(11)15-12/h3-7H,1-2H3,(H,17,18,19). The first-order valence-electron chi connectivity index (χ1n) is 6.12. The molecule has 3 rings (SSSR count). The molecular weight excluding hydrogens is 292 g/mol. The minimum absolute atomic E-state index is 0.213. The molecule has 1 aromatic heterocycles. The highest BCUT2D eigenvalue weighted by Gasteiger charge is 2.13. The predicted octanol–water partition coefficient (Wildman–Crippen LogP) is 2.35. The average molecular weight is 304 g/mol. The van der Waals surface area contributed by atoms with Crippen LogP contribution in [0.15, 0.2) is 35.2 Å². The molecule has 0 saturated heterocycles. The van der Waals surface area contributed by atoms with E-state index in [1.807, 2.05) is 19.1 Å². The fourth-order valence-corrected chi connectivity index (χ4v) is 2.68. The summed E-state index contributed by atoms with van der Waals surface area (Å²) in [5.41, 5.74) is 3.12. The summed E-state index contributed by atoms with van der Waals surface area (Å²) in [6.07, 6.45) is 0. The van der Waals surface area contributed by atoms with Crippen LogP contribution in [0.2, 0.25) is 0 Å². The van der Waals surface area contributed by atoms with Gasteiger partial charge < -0.3 is 4.74 Å². The number of aryl methyl sites for hydroxylation is 1. The zero-order valence-electron chi connectivity index (χ0n) is 11.4. The average Bonchev–Trinajstić information content (AvgIpc) is 2.42. The van der Waals surface area contributed by atoms with Gasteiger partial charge in [0.05, 0.1) is 28.6 Å². The predicted molar refractivity (Wildman–Crippen MR) is 78.1 cm³/mol. The van der Waals surface area contributed by atoms with Gasteiger partial charge in [-0.25, -0.2) is 9.97 Å². The fraction of sp³-hybridized carbons (Fsp3) is 0.143. The van der Waals surface area contributed by atoms with Crippen LogP contribution in [-0.4, -0.2) is 30.0 Å². The van der Waals surface area contributed by atoms with Crippen molar-refractivity contribution in [3.05, 3.63) is 35.9 Å². The van der Waals surface area contributed by atoms with Gasteiger partial charge in [-0.2, -0.15) is 8.42 Å². The number of hydrogen-bond acceptors (Lipinski definition) is 5. The van der Waals surface area contributed by atoms with Gasteiger partial charge in [0.2, 0.25) is 0 Å². The van der Waals surface area contributed by atoms with Gasteiger partial charge in [0.1, 0.15) is 11.3 Å². The highest BCUT2D eigenvalue weighted by Crippen LogP contribution is 2.27. The molecule has 1 heterocycles. The van der Waals surface area contributed by atoms with E-state index in [1.54, 1.807) is 0 Å². The first-order chi connectivity index (χ1) is 9.88. The summed E-state index contributed by atoms with van der Waals surface area (Å²) in [5, 5.41) is 0. The van der Waals surface area contributed by atoms with Crippen LogP contribution in [0.3, 0.4) is 0 Å². The lowest BCUT2D eigenvalue weighted by molar-refractivity contribution is 0.418. The second kappa shape index (κ2) is 4.64. The largest absolute Gasteiger partial charge is 0.494 e. The molecule has 0 atom stereocenters. The molecule has 6 nitrogen and oxygen atoms in total. The third-order valence-electron chi connectivity index (χ3n) is 3.14. The molecule has 0 radical (unpaired) electrons. The first kappa shape index (κ1) is 13.7. The van der Waals surface area contributed by atoms with E-state index in [1.165, 1.54) is 25.3 Å². The maximum Gasteiger partial charge on any atom is 0.294 e. The summed E-state index contributed by atoms with van der Waals surface area (Å²) >= 11 is 0. The smallest absolute Gasteiger partial charge is 0.294 e.